The van der Waals surface area contributed by atoms with E-state index in [-0.39, 0.29) is 5.92 Å². The van der Waals surface area contributed by atoms with Gasteiger partial charge in [0.1, 0.15) is 0 Å². The van der Waals surface area contributed by atoms with E-state index in [1.54, 1.807) is 0 Å². The van der Waals surface area contributed by atoms with E-state index >= 15 is 0 Å². The lowest BCUT2D eigenvalue weighted by atomic mass is 9.76. The van der Waals surface area contributed by atoms with Crippen molar-refractivity contribution in [2.75, 3.05) is 7.05 Å². The summed E-state index contributed by atoms with van der Waals surface area (Å²) in [4.78, 5) is 4.65. The summed E-state index contributed by atoms with van der Waals surface area (Å²) >= 11 is 0. The van der Waals surface area contributed by atoms with Crippen LogP contribution in [0.25, 0.3) is 76.8 Å². The molecule has 0 bridgehead atoms. The van der Waals surface area contributed by atoms with Gasteiger partial charge in [0, 0.05) is 12.6 Å². The van der Waals surface area contributed by atoms with Gasteiger partial charge in [0.25, 0.3) is 0 Å². The van der Waals surface area contributed by atoms with Crippen molar-refractivity contribution in [2.24, 2.45) is 4.99 Å². The summed E-state index contributed by atoms with van der Waals surface area (Å²) in [6.07, 6.45) is 6.14. The number of hydrogen-bond acceptors (Lipinski definition) is 1. The van der Waals surface area contributed by atoms with Crippen molar-refractivity contribution in [3.05, 3.63) is 169 Å². The summed E-state index contributed by atoms with van der Waals surface area (Å²) in [5, 5.41) is 7.74. The lowest BCUT2D eigenvalue weighted by Gasteiger charge is -2.27. The van der Waals surface area contributed by atoms with Crippen LogP contribution in [0.15, 0.2) is 163 Å². The fraction of sp³-hybridized carbons (Fsp3) is 0.0426. The Kier molecular flexibility index (Phi) is 6.56. The molecule has 1 heteroatoms. The number of nitrogens with zero attached hydrogens (tertiary/aromatic N) is 1. The third-order valence-corrected chi connectivity index (χ3v) is 10.0. The lowest BCUT2D eigenvalue weighted by molar-refractivity contribution is 1.14. The van der Waals surface area contributed by atoms with Crippen molar-refractivity contribution >= 4 is 38.0 Å². The predicted octanol–water partition coefficient (Wildman–Crippen LogP) is 12.0. The summed E-state index contributed by atoms with van der Waals surface area (Å²) in [5.41, 5.74) is 12.7. The first-order valence-electron chi connectivity index (χ1n) is 16.4. The van der Waals surface area contributed by atoms with Crippen LogP contribution in [-0.2, 0) is 0 Å². The molecule has 1 aliphatic carbocycles. The van der Waals surface area contributed by atoms with Crippen molar-refractivity contribution in [3.8, 4) is 56.9 Å². The SMILES string of the molecule is C#CC1C(=NC)c2ccccc2-c2ccc(-c3cccc(-c4cccc(-c5ccc6c7ccccc7c7ccccc7c6c5)c4)c3)cc21. The van der Waals surface area contributed by atoms with E-state index in [0.717, 1.165) is 28.0 Å². The van der Waals surface area contributed by atoms with E-state index in [1.807, 2.05) is 7.05 Å². The molecule has 224 valence electrons. The van der Waals surface area contributed by atoms with Gasteiger partial charge >= 0.3 is 0 Å². The maximum atomic E-state index is 6.14. The number of rotatable bonds is 3. The predicted molar refractivity (Wildman–Crippen MR) is 205 cm³/mol. The highest BCUT2D eigenvalue weighted by atomic mass is 14.7. The number of aliphatic imine (C=N–C) groups is 1. The molecule has 8 aromatic carbocycles. The normalized spacial score (nSPS) is 14.6. The van der Waals surface area contributed by atoms with Crippen molar-refractivity contribution in [2.45, 2.75) is 5.92 Å². The highest BCUT2D eigenvalue weighted by Gasteiger charge is 2.29. The van der Waals surface area contributed by atoms with Crippen LogP contribution < -0.4 is 0 Å². The third kappa shape index (κ3) is 4.38. The molecule has 0 aliphatic heterocycles. The second-order valence-electron chi connectivity index (χ2n) is 12.6. The maximum absolute atomic E-state index is 6.14. The highest BCUT2D eigenvalue weighted by Crippen LogP contribution is 2.42. The molecule has 0 heterocycles. The zero-order chi connectivity index (χ0) is 32.2. The van der Waals surface area contributed by atoms with Gasteiger partial charge in [-0.2, -0.15) is 0 Å². The van der Waals surface area contributed by atoms with E-state index in [2.05, 4.69) is 169 Å². The van der Waals surface area contributed by atoms with Gasteiger partial charge < -0.3 is 0 Å². The Bertz CT molecular complexity index is 2610. The van der Waals surface area contributed by atoms with Crippen LogP contribution in [0.3, 0.4) is 0 Å². The quantitative estimate of drug-likeness (QED) is 0.140. The highest BCUT2D eigenvalue weighted by molar-refractivity contribution is 6.25. The summed E-state index contributed by atoms with van der Waals surface area (Å²) in [7, 11) is 1.84. The van der Waals surface area contributed by atoms with Gasteiger partial charge in [-0.15, -0.1) is 6.42 Å². The standard InChI is InChI=1S/C47H31N/c1-3-36-45-28-34(23-25-43(45)40-19-8-9-21-44(40)47(36)48-2)32-14-10-12-30(26-32)31-13-11-15-33(27-31)35-22-24-42-39-18-5-4-16-37(39)38-17-6-7-20-41(38)46(42)29-35/h1,4-29,36H,2H3. The molecule has 8 aromatic rings. The first-order chi connectivity index (χ1) is 23.7. The molecular weight excluding hydrogens is 579 g/mol. The monoisotopic (exact) mass is 609 g/mol. The molecule has 1 unspecified atom stereocenters. The van der Waals surface area contributed by atoms with Gasteiger partial charge in [0.05, 0.1) is 11.6 Å². The van der Waals surface area contributed by atoms with Gasteiger partial charge in [0.15, 0.2) is 0 Å². The van der Waals surface area contributed by atoms with Crippen molar-refractivity contribution < 1.29 is 0 Å². The first kappa shape index (κ1) is 28.0. The van der Waals surface area contributed by atoms with Crippen LogP contribution in [0.4, 0.5) is 0 Å². The van der Waals surface area contributed by atoms with Crippen molar-refractivity contribution in [1.29, 1.82) is 0 Å². The largest absolute Gasteiger partial charge is 0.291 e. The van der Waals surface area contributed by atoms with Crippen LogP contribution in [0.2, 0.25) is 0 Å². The molecule has 1 aliphatic rings. The number of fused-ring (bicyclic) bond motifs is 9. The van der Waals surface area contributed by atoms with Crippen LogP contribution in [0.5, 0.6) is 0 Å². The van der Waals surface area contributed by atoms with E-state index in [4.69, 9.17) is 6.42 Å². The molecule has 1 atom stereocenters. The minimum Gasteiger partial charge on any atom is -0.291 e. The Morgan fingerprint density at radius 3 is 1.44 bits per heavy atom. The van der Waals surface area contributed by atoms with Crippen LogP contribution in [0.1, 0.15) is 17.0 Å². The van der Waals surface area contributed by atoms with Gasteiger partial charge in [0.2, 0.25) is 0 Å². The van der Waals surface area contributed by atoms with Crippen molar-refractivity contribution in [1.82, 2.24) is 0 Å². The van der Waals surface area contributed by atoms with E-state index in [1.165, 1.54) is 65.7 Å². The molecule has 0 N–H and O–H groups in total. The Morgan fingerprint density at radius 2 is 0.875 bits per heavy atom. The number of benzene rings is 8. The second-order valence-corrected chi connectivity index (χ2v) is 12.6. The smallest absolute Gasteiger partial charge is 0.0879 e. The molecule has 9 rings (SSSR count). The minimum absolute atomic E-state index is 0.184. The number of hydrogen-bond donors (Lipinski definition) is 0. The summed E-state index contributed by atoms with van der Waals surface area (Å²) in [6.45, 7) is 0. The maximum Gasteiger partial charge on any atom is 0.0879 e. The average Bonchev–Trinajstić information content (AvgIpc) is 3.17. The molecular formula is C47H31N. The molecule has 0 aromatic heterocycles. The molecule has 0 amide bonds. The van der Waals surface area contributed by atoms with Gasteiger partial charge in [-0.25, -0.2) is 0 Å². The Morgan fingerprint density at radius 1 is 0.417 bits per heavy atom. The molecule has 48 heavy (non-hydrogen) atoms. The molecule has 0 radical (unpaired) electrons. The Hall–Kier alpha value is -6.23. The van der Waals surface area contributed by atoms with E-state index in [9.17, 15) is 0 Å². The summed E-state index contributed by atoms with van der Waals surface area (Å²) < 4.78 is 0. The van der Waals surface area contributed by atoms with Crippen molar-refractivity contribution in [3.63, 3.8) is 0 Å². The third-order valence-electron chi connectivity index (χ3n) is 10.0. The first-order valence-corrected chi connectivity index (χ1v) is 16.4. The average molecular weight is 610 g/mol. The van der Waals surface area contributed by atoms with Gasteiger partial charge in [-0.05, 0) is 107 Å². The van der Waals surface area contributed by atoms with Gasteiger partial charge in [-0.1, -0.05) is 139 Å². The zero-order valence-electron chi connectivity index (χ0n) is 26.6. The molecule has 0 spiro atoms. The van der Waals surface area contributed by atoms with E-state index in [0.29, 0.717) is 0 Å². The molecule has 1 nitrogen and oxygen atoms in total. The van der Waals surface area contributed by atoms with E-state index < -0.39 is 0 Å². The minimum atomic E-state index is -0.184. The summed E-state index contributed by atoms with van der Waals surface area (Å²) in [6, 6.07) is 57.3. The summed E-state index contributed by atoms with van der Waals surface area (Å²) in [5.74, 6) is 2.85. The molecule has 0 fully saturated rings. The topological polar surface area (TPSA) is 12.4 Å². The molecule has 0 saturated heterocycles. The second kappa shape index (κ2) is 11.2. The van der Waals surface area contributed by atoms with Crippen LogP contribution in [-0.4, -0.2) is 12.8 Å². The fourth-order valence-electron chi connectivity index (χ4n) is 7.73. The zero-order valence-corrected chi connectivity index (χ0v) is 26.6. The fourth-order valence-corrected chi connectivity index (χ4v) is 7.73. The number of terminal acetylenes is 1. The Labute approximate surface area is 280 Å². The molecule has 0 saturated carbocycles. The van der Waals surface area contributed by atoms with Crippen LogP contribution in [0, 0.1) is 12.3 Å². The Balaban J connectivity index is 1.12. The van der Waals surface area contributed by atoms with Crippen LogP contribution >= 0.6 is 0 Å². The van der Waals surface area contributed by atoms with Gasteiger partial charge in [-0.3, -0.25) is 4.99 Å². The lowest BCUT2D eigenvalue weighted by Crippen LogP contribution is -2.19.